The molecule has 0 atom stereocenters. The lowest BCUT2D eigenvalue weighted by molar-refractivity contribution is -0.110. The van der Waals surface area contributed by atoms with Crippen molar-refractivity contribution in [2.24, 2.45) is 0 Å². The van der Waals surface area contributed by atoms with Crippen LogP contribution >= 0.6 is 0 Å². The highest BCUT2D eigenvalue weighted by atomic mass is 16.2. The first-order valence-corrected chi connectivity index (χ1v) is 9.23. The van der Waals surface area contributed by atoms with Crippen molar-refractivity contribution in [3.8, 4) is 11.3 Å². The van der Waals surface area contributed by atoms with Gasteiger partial charge in [-0.1, -0.05) is 0 Å². The van der Waals surface area contributed by atoms with Gasteiger partial charge >= 0.3 is 0 Å². The van der Waals surface area contributed by atoms with Crippen molar-refractivity contribution in [1.29, 1.82) is 0 Å². The zero-order valence-electron chi connectivity index (χ0n) is 16.4. The van der Waals surface area contributed by atoms with E-state index in [9.17, 15) is 4.79 Å². The van der Waals surface area contributed by atoms with E-state index in [2.05, 4.69) is 25.7 Å². The monoisotopic (exact) mass is 374 g/mol. The Morgan fingerprint density at radius 3 is 2.75 bits per heavy atom. The van der Waals surface area contributed by atoms with E-state index in [0.29, 0.717) is 11.3 Å². The van der Waals surface area contributed by atoms with Crippen molar-refractivity contribution >= 4 is 23.0 Å². The Balaban J connectivity index is 1.75. The molecular weight excluding hydrogens is 352 g/mol. The molecule has 4 heterocycles. The van der Waals surface area contributed by atoms with Crippen molar-refractivity contribution in [3.63, 3.8) is 0 Å². The average molecular weight is 374 g/mol. The number of nitrogens with zero attached hydrogens (tertiary/aromatic N) is 4. The van der Waals surface area contributed by atoms with Gasteiger partial charge in [-0.05, 0) is 45.4 Å². The smallest absolute Gasteiger partial charge is 0.258 e. The lowest BCUT2D eigenvalue weighted by Crippen LogP contribution is -2.09. The third kappa shape index (κ3) is 3.05. The number of hydrogen-bond donors (Lipinski definition) is 2. The standard InChI is InChI=1S/C21H22N6O/c1-5-27-13(3)8-19(26-27)24-14(4)20-15-9-17(16-10-22-7-6-12(16)2)23-11-18(15)25-21(20)28/h6-11H,5H2,1-4H3,(H,24,26)(H,25,28)/b20-14-. The van der Waals surface area contributed by atoms with E-state index in [4.69, 9.17) is 0 Å². The van der Waals surface area contributed by atoms with E-state index in [0.717, 1.165) is 46.1 Å². The van der Waals surface area contributed by atoms with Crippen molar-refractivity contribution in [2.45, 2.75) is 34.2 Å². The summed E-state index contributed by atoms with van der Waals surface area (Å²) in [6.07, 6.45) is 5.25. The van der Waals surface area contributed by atoms with Gasteiger partial charge in [-0.3, -0.25) is 19.4 Å². The molecule has 0 bridgehead atoms. The molecule has 28 heavy (non-hydrogen) atoms. The molecule has 0 saturated heterocycles. The molecule has 0 aromatic carbocycles. The molecule has 1 aliphatic heterocycles. The van der Waals surface area contributed by atoms with E-state index >= 15 is 0 Å². The summed E-state index contributed by atoms with van der Waals surface area (Å²) in [6.45, 7) is 8.76. The Hall–Kier alpha value is -3.48. The van der Waals surface area contributed by atoms with Gasteiger partial charge in [0.25, 0.3) is 5.91 Å². The van der Waals surface area contributed by atoms with Crippen LogP contribution in [0.1, 0.15) is 30.7 Å². The maximum absolute atomic E-state index is 12.6. The van der Waals surface area contributed by atoms with Gasteiger partial charge in [0.2, 0.25) is 0 Å². The fraction of sp³-hybridized carbons (Fsp3) is 0.238. The topological polar surface area (TPSA) is 84.7 Å². The average Bonchev–Trinajstić information content (AvgIpc) is 3.19. The summed E-state index contributed by atoms with van der Waals surface area (Å²) in [5, 5.41) is 10.7. The molecule has 2 N–H and O–H groups in total. The van der Waals surface area contributed by atoms with Gasteiger partial charge < -0.3 is 10.6 Å². The first-order valence-electron chi connectivity index (χ1n) is 9.23. The highest BCUT2D eigenvalue weighted by Crippen LogP contribution is 2.36. The van der Waals surface area contributed by atoms with Crippen molar-refractivity contribution < 1.29 is 4.79 Å². The minimum atomic E-state index is -0.145. The van der Waals surface area contributed by atoms with E-state index in [1.165, 1.54) is 0 Å². The highest BCUT2D eigenvalue weighted by Gasteiger charge is 2.27. The number of carbonyl (C=O) groups excluding carboxylic acids is 1. The van der Waals surface area contributed by atoms with Gasteiger partial charge in [-0.15, -0.1) is 0 Å². The molecule has 4 rings (SSSR count). The van der Waals surface area contributed by atoms with Gasteiger partial charge in [0.1, 0.15) is 0 Å². The first kappa shape index (κ1) is 17.9. The number of allylic oxidation sites excluding steroid dienone is 1. The highest BCUT2D eigenvalue weighted by molar-refractivity contribution is 6.32. The second-order valence-corrected chi connectivity index (χ2v) is 6.87. The van der Waals surface area contributed by atoms with Crippen LogP contribution in [0.4, 0.5) is 11.5 Å². The number of aromatic nitrogens is 4. The molecule has 3 aromatic rings. The lowest BCUT2D eigenvalue weighted by atomic mass is 10.0. The number of fused-ring (bicyclic) bond motifs is 1. The third-order valence-corrected chi connectivity index (χ3v) is 4.93. The van der Waals surface area contributed by atoms with Crippen LogP contribution in [0.3, 0.4) is 0 Å². The van der Waals surface area contributed by atoms with Gasteiger partial charge in [0.05, 0.1) is 23.2 Å². The predicted octanol–water partition coefficient (Wildman–Crippen LogP) is 3.77. The van der Waals surface area contributed by atoms with Crippen LogP contribution in [0.25, 0.3) is 16.8 Å². The molecule has 1 amide bonds. The normalized spacial score (nSPS) is 14.6. The maximum Gasteiger partial charge on any atom is 0.258 e. The molecule has 0 saturated carbocycles. The molecule has 0 aliphatic carbocycles. The summed E-state index contributed by atoms with van der Waals surface area (Å²) in [7, 11) is 0. The summed E-state index contributed by atoms with van der Waals surface area (Å²) in [6, 6.07) is 5.86. The van der Waals surface area contributed by atoms with Crippen LogP contribution in [-0.2, 0) is 11.3 Å². The summed E-state index contributed by atoms with van der Waals surface area (Å²) < 4.78 is 1.91. The molecule has 0 spiro atoms. The molecule has 142 valence electrons. The number of amides is 1. The third-order valence-electron chi connectivity index (χ3n) is 4.93. The molecule has 3 aromatic heterocycles. The Labute approximate surface area is 163 Å². The Kier molecular flexibility index (Phi) is 4.43. The van der Waals surface area contributed by atoms with E-state index in [1.807, 2.05) is 50.6 Å². The van der Waals surface area contributed by atoms with Gasteiger partial charge in [-0.25, -0.2) is 0 Å². The number of nitrogens with one attached hydrogen (secondary N) is 2. The Bertz CT molecular complexity index is 1110. The zero-order chi connectivity index (χ0) is 19.8. The number of hydrogen-bond acceptors (Lipinski definition) is 5. The number of carbonyl (C=O) groups is 1. The van der Waals surface area contributed by atoms with Crippen molar-refractivity contribution in [3.05, 3.63) is 59.3 Å². The fourth-order valence-electron chi connectivity index (χ4n) is 3.47. The lowest BCUT2D eigenvalue weighted by Gasteiger charge is -2.09. The van der Waals surface area contributed by atoms with Crippen molar-refractivity contribution in [1.82, 2.24) is 19.7 Å². The van der Waals surface area contributed by atoms with Crippen LogP contribution in [0.15, 0.2) is 42.5 Å². The molecule has 7 nitrogen and oxygen atoms in total. The second-order valence-electron chi connectivity index (χ2n) is 6.87. The maximum atomic E-state index is 12.6. The van der Waals surface area contributed by atoms with Gasteiger partial charge in [0, 0.05) is 47.5 Å². The van der Waals surface area contributed by atoms with E-state index in [-0.39, 0.29) is 5.91 Å². The number of rotatable bonds is 4. The number of aryl methyl sites for hydroxylation is 3. The van der Waals surface area contributed by atoms with E-state index < -0.39 is 0 Å². The summed E-state index contributed by atoms with van der Waals surface area (Å²) in [5.74, 6) is 0.580. The molecular formula is C21H22N6O. The van der Waals surface area contributed by atoms with Crippen LogP contribution in [-0.4, -0.2) is 25.7 Å². The molecule has 0 unspecified atom stereocenters. The second kappa shape index (κ2) is 6.92. The first-order chi connectivity index (χ1) is 13.5. The molecule has 0 fully saturated rings. The molecule has 1 aliphatic rings. The van der Waals surface area contributed by atoms with E-state index in [1.54, 1.807) is 18.6 Å². The molecule has 7 heteroatoms. The molecule has 0 radical (unpaired) electrons. The van der Waals surface area contributed by atoms with Gasteiger partial charge in [-0.2, -0.15) is 5.10 Å². The Morgan fingerprint density at radius 2 is 2.04 bits per heavy atom. The summed E-state index contributed by atoms with van der Waals surface area (Å²) in [4.78, 5) is 21.3. The fourth-order valence-corrected chi connectivity index (χ4v) is 3.47. The van der Waals surface area contributed by atoms with Crippen LogP contribution in [0.5, 0.6) is 0 Å². The number of anilines is 2. The zero-order valence-corrected chi connectivity index (χ0v) is 16.4. The minimum absolute atomic E-state index is 0.145. The summed E-state index contributed by atoms with van der Waals surface area (Å²) >= 11 is 0. The van der Waals surface area contributed by atoms with Crippen LogP contribution < -0.4 is 10.6 Å². The van der Waals surface area contributed by atoms with Crippen LogP contribution in [0, 0.1) is 13.8 Å². The van der Waals surface area contributed by atoms with Gasteiger partial charge in [0.15, 0.2) is 5.82 Å². The predicted molar refractivity (Wildman–Crippen MR) is 110 cm³/mol. The minimum Gasteiger partial charge on any atom is -0.342 e. The van der Waals surface area contributed by atoms with Crippen LogP contribution in [0.2, 0.25) is 0 Å². The quantitative estimate of drug-likeness (QED) is 0.679. The Morgan fingerprint density at radius 1 is 1.21 bits per heavy atom. The number of pyridine rings is 2. The SMILES string of the molecule is CCn1nc(N/C(C)=C2\C(=O)Nc3cnc(-c4cnccc4C)cc32)cc1C. The largest absolute Gasteiger partial charge is 0.342 e. The van der Waals surface area contributed by atoms with Crippen molar-refractivity contribution in [2.75, 3.05) is 10.6 Å². The summed E-state index contributed by atoms with van der Waals surface area (Å²) in [5.41, 5.74) is 6.78.